The Morgan fingerprint density at radius 1 is 1.00 bits per heavy atom. The smallest absolute Gasteiger partial charge is 0.280 e. The van der Waals surface area contributed by atoms with E-state index in [1.807, 2.05) is 49.4 Å². The number of aryl methyl sites for hydroxylation is 1. The van der Waals surface area contributed by atoms with Crippen molar-refractivity contribution in [2.24, 2.45) is 0 Å². The summed E-state index contributed by atoms with van der Waals surface area (Å²) in [5.74, 6) is 0.751. The van der Waals surface area contributed by atoms with E-state index >= 15 is 0 Å². The minimum absolute atomic E-state index is 0.109. The number of rotatable bonds is 4. The molecule has 7 nitrogen and oxygen atoms in total. The first-order valence-corrected chi connectivity index (χ1v) is 11.4. The van der Waals surface area contributed by atoms with Gasteiger partial charge in [-0.15, -0.1) is 0 Å². The zero-order valence-corrected chi connectivity index (χ0v) is 18.7. The average Bonchev–Trinajstić information content (AvgIpc) is 3.39. The fraction of sp³-hybridized carbons (Fsp3) is 0.308. The molecule has 1 N–H and O–H groups in total. The predicted molar refractivity (Wildman–Crippen MR) is 128 cm³/mol. The van der Waals surface area contributed by atoms with Gasteiger partial charge in [-0.25, -0.2) is 4.98 Å². The Bertz CT molecular complexity index is 1360. The van der Waals surface area contributed by atoms with Crippen LogP contribution in [0.4, 0.5) is 5.69 Å². The molecular formula is C26H26N4O3. The summed E-state index contributed by atoms with van der Waals surface area (Å²) in [4.78, 5) is 21.1. The van der Waals surface area contributed by atoms with Gasteiger partial charge in [0.25, 0.3) is 5.56 Å². The standard InChI is InChI=1S/C26H26N4O3/c1-16-22(17-8-10-19(32-2)11-9-17)26(31)30-25(27-16)24(23(28-30)18-6-4-3-5-7-18)29-14-20-12-13-21(15-29)33-20/h3-11,20-21,28H,12-15H2,1-2H3. The van der Waals surface area contributed by atoms with Gasteiger partial charge in [-0.1, -0.05) is 42.5 Å². The fourth-order valence-electron chi connectivity index (χ4n) is 5.16. The highest BCUT2D eigenvalue weighted by atomic mass is 16.5. The molecule has 2 saturated heterocycles. The molecule has 0 spiro atoms. The Morgan fingerprint density at radius 2 is 1.70 bits per heavy atom. The minimum atomic E-state index is -0.109. The molecule has 4 heterocycles. The Kier molecular flexibility index (Phi) is 4.73. The highest BCUT2D eigenvalue weighted by Crippen LogP contribution is 2.38. The number of aromatic nitrogens is 3. The van der Waals surface area contributed by atoms with Crippen LogP contribution in [0.25, 0.3) is 28.0 Å². The number of anilines is 1. The monoisotopic (exact) mass is 442 g/mol. The van der Waals surface area contributed by atoms with Crippen molar-refractivity contribution in [2.45, 2.75) is 32.0 Å². The number of fused-ring (bicyclic) bond motifs is 3. The first kappa shape index (κ1) is 20.1. The topological polar surface area (TPSA) is 71.9 Å². The lowest BCUT2D eigenvalue weighted by Gasteiger charge is -2.33. The van der Waals surface area contributed by atoms with Crippen LogP contribution in [0.15, 0.2) is 59.4 Å². The number of hydrogen-bond acceptors (Lipinski definition) is 5. The number of nitrogens with one attached hydrogen (secondary N) is 1. The van der Waals surface area contributed by atoms with E-state index < -0.39 is 0 Å². The second kappa shape index (κ2) is 7.78. The number of H-pyrrole nitrogens is 1. The van der Waals surface area contributed by atoms with Crippen LogP contribution in [-0.4, -0.2) is 47.0 Å². The number of aromatic amines is 1. The highest BCUT2D eigenvalue weighted by Gasteiger charge is 2.36. The Morgan fingerprint density at radius 3 is 2.36 bits per heavy atom. The SMILES string of the molecule is COc1ccc(-c2c(C)nc3c(N4CC5CCC(C4)O5)c(-c4ccccc4)[nH]n3c2=O)cc1. The van der Waals surface area contributed by atoms with Gasteiger partial charge in [0.2, 0.25) is 0 Å². The van der Waals surface area contributed by atoms with Crippen LogP contribution in [0.5, 0.6) is 5.75 Å². The third kappa shape index (κ3) is 3.31. The van der Waals surface area contributed by atoms with Gasteiger partial charge in [0.05, 0.1) is 36.3 Å². The van der Waals surface area contributed by atoms with Crippen molar-refractivity contribution < 1.29 is 9.47 Å². The lowest BCUT2D eigenvalue weighted by molar-refractivity contribution is 0.0306. The zero-order chi connectivity index (χ0) is 22.5. The summed E-state index contributed by atoms with van der Waals surface area (Å²) in [6, 6.07) is 17.7. The first-order chi connectivity index (χ1) is 16.1. The van der Waals surface area contributed by atoms with Crippen molar-refractivity contribution >= 4 is 11.3 Å². The largest absolute Gasteiger partial charge is 0.497 e. The zero-order valence-electron chi connectivity index (χ0n) is 18.7. The maximum Gasteiger partial charge on any atom is 0.280 e. The van der Waals surface area contributed by atoms with E-state index in [0.717, 1.165) is 54.2 Å². The Hall–Kier alpha value is -3.58. The minimum Gasteiger partial charge on any atom is -0.497 e. The van der Waals surface area contributed by atoms with E-state index in [9.17, 15) is 4.79 Å². The summed E-state index contributed by atoms with van der Waals surface area (Å²) in [5.41, 5.74) is 5.58. The molecule has 2 atom stereocenters. The quantitative estimate of drug-likeness (QED) is 0.517. The van der Waals surface area contributed by atoms with Crippen LogP contribution >= 0.6 is 0 Å². The van der Waals surface area contributed by atoms with Crippen molar-refractivity contribution in [3.8, 4) is 28.1 Å². The molecule has 0 amide bonds. The highest BCUT2D eigenvalue weighted by molar-refractivity contribution is 5.87. The van der Waals surface area contributed by atoms with Crippen molar-refractivity contribution in [3.63, 3.8) is 0 Å². The number of morpholine rings is 1. The van der Waals surface area contributed by atoms with E-state index in [1.165, 1.54) is 0 Å². The summed E-state index contributed by atoms with van der Waals surface area (Å²) in [6.07, 6.45) is 2.62. The lowest BCUT2D eigenvalue weighted by atomic mass is 10.1. The molecule has 2 aliphatic heterocycles. The third-order valence-electron chi connectivity index (χ3n) is 6.74. The molecule has 2 fully saturated rings. The maximum atomic E-state index is 13.7. The van der Waals surface area contributed by atoms with Crippen molar-refractivity contribution in [2.75, 3.05) is 25.1 Å². The summed E-state index contributed by atoms with van der Waals surface area (Å²) < 4.78 is 12.9. The molecule has 0 radical (unpaired) electrons. The Labute approximate surface area is 191 Å². The van der Waals surface area contributed by atoms with E-state index in [-0.39, 0.29) is 17.8 Å². The predicted octanol–water partition coefficient (Wildman–Crippen LogP) is 4.04. The summed E-state index contributed by atoms with van der Waals surface area (Å²) in [5, 5.41) is 3.39. The van der Waals surface area contributed by atoms with Crippen molar-refractivity contribution in [1.29, 1.82) is 0 Å². The molecule has 2 bridgehead atoms. The third-order valence-corrected chi connectivity index (χ3v) is 6.74. The summed E-state index contributed by atoms with van der Waals surface area (Å²) in [7, 11) is 1.63. The maximum absolute atomic E-state index is 13.7. The van der Waals surface area contributed by atoms with Crippen molar-refractivity contribution in [3.05, 3.63) is 70.6 Å². The Balaban J connectivity index is 1.57. The van der Waals surface area contributed by atoms with Gasteiger partial charge < -0.3 is 14.4 Å². The van der Waals surface area contributed by atoms with Gasteiger partial charge in [0, 0.05) is 18.7 Å². The number of methoxy groups -OCH3 is 1. The molecule has 2 aromatic heterocycles. The van der Waals surface area contributed by atoms with E-state index in [2.05, 4.69) is 22.1 Å². The number of nitrogens with zero attached hydrogens (tertiary/aromatic N) is 3. The summed E-state index contributed by atoms with van der Waals surface area (Å²) in [6.45, 7) is 3.51. The first-order valence-electron chi connectivity index (χ1n) is 11.4. The van der Waals surface area contributed by atoms with Crippen LogP contribution in [-0.2, 0) is 4.74 Å². The van der Waals surface area contributed by atoms with Gasteiger partial charge in [-0.3, -0.25) is 9.89 Å². The van der Waals surface area contributed by atoms with E-state index in [4.69, 9.17) is 14.5 Å². The molecule has 4 aromatic rings. The van der Waals surface area contributed by atoms with Gasteiger partial charge >= 0.3 is 0 Å². The normalized spacial score (nSPS) is 19.9. The molecule has 168 valence electrons. The van der Waals surface area contributed by atoms with Gasteiger partial charge in [-0.2, -0.15) is 4.52 Å². The molecule has 2 aliphatic rings. The van der Waals surface area contributed by atoms with Gasteiger partial charge in [0.1, 0.15) is 11.4 Å². The summed E-state index contributed by atoms with van der Waals surface area (Å²) >= 11 is 0. The van der Waals surface area contributed by atoms with Crippen LogP contribution < -0.4 is 15.2 Å². The molecule has 33 heavy (non-hydrogen) atoms. The molecule has 2 aromatic carbocycles. The van der Waals surface area contributed by atoms with Crippen LogP contribution in [0.2, 0.25) is 0 Å². The van der Waals surface area contributed by atoms with Crippen LogP contribution in [0, 0.1) is 6.92 Å². The molecule has 2 unspecified atom stereocenters. The lowest BCUT2D eigenvalue weighted by Crippen LogP contribution is -2.42. The molecule has 0 saturated carbocycles. The number of benzene rings is 2. The number of ether oxygens (including phenoxy) is 2. The fourth-order valence-corrected chi connectivity index (χ4v) is 5.16. The second-order valence-corrected chi connectivity index (χ2v) is 8.83. The average molecular weight is 443 g/mol. The molecular weight excluding hydrogens is 416 g/mol. The molecule has 6 rings (SSSR count). The van der Waals surface area contributed by atoms with Crippen LogP contribution in [0.3, 0.4) is 0 Å². The van der Waals surface area contributed by atoms with Gasteiger partial charge in [0.15, 0.2) is 5.65 Å². The van der Waals surface area contributed by atoms with Crippen LogP contribution in [0.1, 0.15) is 18.5 Å². The second-order valence-electron chi connectivity index (χ2n) is 8.83. The van der Waals surface area contributed by atoms with Crippen molar-refractivity contribution in [1.82, 2.24) is 14.6 Å². The molecule has 0 aliphatic carbocycles. The van der Waals surface area contributed by atoms with E-state index in [0.29, 0.717) is 16.9 Å². The molecule has 7 heteroatoms. The number of hydrogen-bond donors (Lipinski definition) is 1. The van der Waals surface area contributed by atoms with E-state index in [1.54, 1.807) is 11.6 Å². The van der Waals surface area contributed by atoms with Gasteiger partial charge in [-0.05, 0) is 37.5 Å².